The van der Waals surface area contributed by atoms with Crippen molar-refractivity contribution < 1.29 is 0 Å². The van der Waals surface area contributed by atoms with Gasteiger partial charge < -0.3 is 4.90 Å². The summed E-state index contributed by atoms with van der Waals surface area (Å²) < 4.78 is 0. The Hall–Kier alpha value is -5.53. The van der Waals surface area contributed by atoms with E-state index in [2.05, 4.69) is 182 Å². The van der Waals surface area contributed by atoms with Gasteiger partial charge in [0, 0.05) is 17.1 Å². The summed E-state index contributed by atoms with van der Waals surface area (Å²) in [5.74, 6) is 0. The van der Waals surface area contributed by atoms with Crippen LogP contribution in [0.2, 0.25) is 0 Å². The predicted molar refractivity (Wildman–Crippen MR) is 199 cm³/mol. The molecule has 2 heterocycles. The zero-order valence-electron chi connectivity index (χ0n) is 25.8. The van der Waals surface area contributed by atoms with Crippen LogP contribution < -0.4 is 37.7 Å². The van der Waals surface area contributed by atoms with Crippen LogP contribution in [0.1, 0.15) is 5.56 Å². The van der Waals surface area contributed by atoms with E-state index in [9.17, 15) is 0 Å². The molecule has 0 radical (unpaired) electrons. The van der Waals surface area contributed by atoms with E-state index in [1.165, 1.54) is 77.7 Å². The first-order chi connectivity index (χ1) is 22.7. The smallest absolute Gasteiger partial charge is 0.246 e. The summed E-state index contributed by atoms with van der Waals surface area (Å²) >= 11 is 0. The largest absolute Gasteiger partial charge is 0.313 e. The number of benzene rings is 7. The number of fused-ring (bicyclic) bond motifs is 4. The molecule has 7 aromatic rings. The van der Waals surface area contributed by atoms with Gasteiger partial charge in [0.25, 0.3) is 0 Å². The minimum atomic E-state index is 0.117. The van der Waals surface area contributed by atoms with Gasteiger partial charge in [-0.15, -0.1) is 0 Å². The molecule has 7 aromatic carbocycles. The molecular formula is C43H31B2N. The van der Waals surface area contributed by atoms with Crippen LogP contribution in [0.4, 0.5) is 17.1 Å². The van der Waals surface area contributed by atoms with Crippen LogP contribution in [-0.2, 0) is 0 Å². The van der Waals surface area contributed by atoms with E-state index in [4.69, 9.17) is 0 Å². The molecule has 0 unspecified atom stereocenters. The van der Waals surface area contributed by atoms with Crippen molar-refractivity contribution >= 4 is 63.3 Å². The molecule has 46 heavy (non-hydrogen) atoms. The van der Waals surface area contributed by atoms with Crippen molar-refractivity contribution in [2.24, 2.45) is 0 Å². The maximum Gasteiger partial charge on any atom is 0.246 e. The Morgan fingerprint density at radius 1 is 0.370 bits per heavy atom. The Morgan fingerprint density at radius 2 is 0.783 bits per heavy atom. The molecule has 0 bridgehead atoms. The first-order valence-electron chi connectivity index (χ1n) is 16.2. The maximum absolute atomic E-state index is 2.55. The number of rotatable bonds is 4. The fourth-order valence-corrected chi connectivity index (χ4v) is 7.89. The number of hydrogen-bond donors (Lipinski definition) is 0. The van der Waals surface area contributed by atoms with Gasteiger partial charge in [0.05, 0.1) is 0 Å². The summed E-state index contributed by atoms with van der Waals surface area (Å²) in [6.07, 6.45) is 0. The molecule has 0 amide bonds. The SMILES string of the molecule is Cc1cc2c3c(c1)B(c1cccc(-c4ccccc4)c1)c1ccccc1N3c1ccccc1B2c1cccc(-c2ccccc2)c1. The Bertz CT molecular complexity index is 2090. The third kappa shape index (κ3) is 4.27. The maximum atomic E-state index is 2.55. The van der Waals surface area contributed by atoms with Crippen molar-refractivity contribution in [1.82, 2.24) is 0 Å². The third-order valence-electron chi connectivity index (χ3n) is 9.79. The van der Waals surface area contributed by atoms with Gasteiger partial charge in [-0.2, -0.15) is 0 Å². The lowest BCUT2D eigenvalue weighted by Gasteiger charge is -2.44. The minimum absolute atomic E-state index is 0.117. The summed E-state index contributed by atoms with van der Waals surface area (Å²) in [6.45, 7) is 2.49. The molecule has 214 valence electrons. The van der Waals surface area contributed by atoms with Gasteiger partial charge in [-0.3, -0.25) is 0 Å². The molecule has 2 aliphatic rings. The molecule has 0 fully saturated rings. The first kappa shape index (κ1) is 26.8. The number of aryl methyl sites for hydroxylation is 1. The van der Waals surface area contributed by atoms with Gasteiger partial charge >= 0.3 is 0 Å². The summed E-state index contributed by atoms with van der Waals surface area (Å²) in [5.41, 5.74) is 18.2. The minimum Gasteiger partial charge on any atom is -0.313 e. The van der Waals surface area contributed by atoms with Crippen LogP contribution in [0.25, 0.3) is 22.3 Å². The molecule has 0 spiro atoms. The fourth-order valence-electron chi connectivity index (χ4n) is 7.89. The van der Waals surface area contributed by atoms with Crippen molar-refractivity contribution in [2.45, 2.75) is 6.92 Å². The number of anilines is 3. The van der Waals surface area contributed by atoms with Crippen molar-refractivity contribution in [1.29, 1.82) is 0 Å². The molecule has 0 aliphatic carbocycles. The van der Waals surface area contributed by atoms with Crippen molar-refractivity contribution in [3.63, 3.8) is 0 Å². The van der Waals surface area contributed by atoms with E-state index in [0.29, 0.717) is 0 Å². The second-order valence-electron chi connectivity index (χ2n) is 12.6. The van der Waals surface area contributed by atoms with Crippen LogP contribution in [0.5, 0.6) is 0 Å². The lowest BCUT2D eigenvalue weighted by atomic mass is 9.30. The molecule has 0 saturated carbocycles. The van der Waals surface area contributed by atoms with Crippen molar-refractivity contribution in [3.05, 3.63) is 175 Å². The molecule has 3 heteroatoms. The molecule has 0 atom stereocenters. The molecule has 1 nitrogen and oxygen atoms in total. The molecule has 9 rings (SSSR count). The van der Waals surface area contributed by atoms with Gasteiger partial charge in [-0.25, -0.2) is 0 Å². The highest BCUT2D eigenvalue weighted by Gasteiger charge is 2.43. The average Bonchev–Trinajstić information content (AvgIpc) is 3.12. The highest BCUT2D eigenvalue weighted by atomic mass is 15.2. The summed E-state index contributed by atoms with van der Waals surface area (Å²) in [6, 6.07) is 62.7. The monoisotopic (exact) mass is 583 g/mol. The zero-order chi connectivity index (χ0) is 30.6. The van der Waals surface area contributed by atoms with E-state index < -0.39 is 0 Å². The van der Waals surface area contributed by atoms with Crippen molar-refractivity contribution in [3.8, 4) is 22.3 Å². The third-order valence-corrected chi connectivity index (χ3v) is 9.79. The fraction of sp³-hybridized carbons (Fsp3) is 0.0233. The second kappa shape index (κ2) is 10.8. The Balaban J connectivity index is 1.30. The second-order valence-corrected chi connectivity index (χ2v) is 12.6. The predicted octanol–water partition coefficient (Wildman–Crippen LogP) is 6.46. The zero-order valence-corrected chi connectivity index (χ0v) is 25.8. The van der Waals surface area contributed by atoms with E-state index in [-0.39, 0.29) is 13.4 Å². The first-order valence-corrected chi connectivity index (χ1v) is 16.2. The lowest BCUT2D eigenvalue weighted by Crippen LogP contribution is -2.65. The molecule has 0 aromatic heterocycles. The highest BCUT2D eigenvalue weighted by molar-refractivity contribution is 7.02. The van der Waals surface area contributed by atoms with Crippen LogP contribution in [-0.4, -0.2) is 13.4 Å². The van der Waals surface area contributed by atoms with Gasteiger partial charge in [0.1, 0.15) is 0 Å². The van der Waals surface area contributed by atoms with Crippen LogP contribution in [0.15, 0.2) is 170 Å². The molecular weight excluding hydrogens is 552 g/mol. The van der Waals surface area contributed by atoms with Crippen molar-refractivity contribution in [2.75, 3.05) is 4.90 Å². The van der Waals surface area contributed by atoms with Gasteiger partial charge in [0.15, 0.2) is 0 Å². The van der Waals surface area contributed by atoms with Gasteiger partial charge in [-0.1, -0.05) is 174 Å². The lowest BCUT2D eigenvalue weighted by molar-refractivity contribution is 1.29. The van der Waals surface area contributed by atoms with E-state index >= 15 is 0 Å². The van der Waals surface area contributed by atoms with Crippen LogP contribution >= 0.6 is 0 Å². The standard InChI is InChI=1S/C43H31B2N/c1-30-26-39-43-40(27-30)45(36-21-13-19-34(29-36)32-16-6-3-7-17-32)38-23-9-11-25-42(38)46(43)41-24-10-8-22-37(41)44(39)35-20-12-18-33(28-35)31-14-4-2-5-15-31/h2-29H,1H3. The number of nitrogens with zero attached hydrogens (tertiary/aromatic N) is 1. The molecule has 2 aliphatic heterocycles. The van der Waals surface area contributed by atoms with Crippen LogP contribution in [0.3, 0.4) is 0 Å². The topological polar surface area (TPSA) is 3.24 Å². The van der Waals surface area contributed by atoms with Crippen LogP contribution in [0, 0.1) is 6.92 Å². The number of para-hydroxylation sites is 2. The highest BCUT2D eigenvalue weighted by Crippen LogP contribution is 2.37. The van der Waals surface area contributed by atoms with E-state index in [1.807, 2.05) is 0 Å². The van der Waals surface area contributed by atoms with Gasteiger partial charge in [-0.05, 0) is 63.2 Å². The quantitative estimate of drug-likeness (QED) is 0.215. The Kier molecular flexibility index (Phi) is 6.31. The number of hydrogen-bond acceptors (Lipinski definition) is 1. The van der Waals surface area contributed by atoms with E-state index in [1.54, 1.807) is 0 Å². The summed E-state index contributed by atoms with van der Waals surface area (Å²) in [4.78, 5) is 2.55. The van der Waals surface area contributed by atoms with Gasteiger partial charge in [0.2, 0.25) is 13.4 Å². The summed E-state index contributed by atoms with van der Waals surface area (Å²) in [7, 11) is 0. The Labute approximate surface area is 272 Å². The Morgan fingerprint density at radius 3 is 1.26 bits per heavy atom. The van der Waals surface area contributed by atoms with E-state index in [0.717, 1.165) is 0 Å². The normalized spacial score (nSPS) is 12.8. The molecule has 0 saturated heterocycles. The average molecular weight is 583 g/mol. The summed E-state index contributed by atoms with van der Waals surface area (Å²) in [5, 5.41) is 0. The molecule has 0 N–H and O–H groups in total.